The number of hydrogen-bond donors (Lipinski definition) is 0. The molecule has 0 aliphatic carbocycles. The fraction of sp³-hybridized carbons (Fsp3) is 0.706. The molecule has 1 aromatic rings. The molecule has 0 aromatic carbocycles. The molecule has 1 aromatic heterocycles. The minimum absolute atomic E-state index is 0.294. The van der Waals surface area contributed by atoms with Crippen molar-refractivity contribution in [1.82, 2.24) is 14.9 Å². The maximum Gasteiger partial charge on any atom is 0.223 e. The van der Waals surface area contributed by atoms with Crippen molar-refractivity contribution in [2.45, 2.75) is 32.6 Å². The van der Waals surface area contributed by atoms with Gasteiger partial charge in [0.05, 0.1) is 13.2 Å². The monoisotopic (exact) mass is 318 g/mol. The zero-order chi connectivity index (χ0) is 16.1. The zero-order valence-corrected chi connectivity index (χ0v) is 13.9. The summed E-state index contributed by atoms with van der Waals surface area (Å²) in [4.78, 5) is 25.3. The number of aromatic nitrogens is 2. The van der Waals surface area contributed by atoms with E-state index in [4.69, 9.17) is 4.74 Å². The van der Waals surface area contributed by atoms with Gasteiger partial charge in [-0.05, 0) is 25.2 Å². The van der Waals surface area contributed by atoms with Gasteiger partial charge in [-0.15, -0.1) is 0 Å². The topological polar surface area (TPSA) is 58.6 Å². The number of piperidine rings is 1. The molecule has 3 heterocycles. The van der Waals surface area contributed by atoms with E-state index >= 15 is 0 Å². The third kappa shape index (κ3) is 4.19. The average Bonchev–Trinajstić information content (AvgIpc) is 2.63. The predicted octanol–water partition coefficient (Wildman–Crippen LogP) is 1.50. The molecule has 0 radical (unpaired) electrons. The van der Waals surface area contributed by atoms with Gasteiger partial charge in [-0.25, -0.2) is 9.97 Å². The third-order valence-electron chi connectivity index (χ3n) is 4.84. The number of carbonyl (C=O) groups excluding carboxylic acids is 1. The third-order valence-corrected chi connectivity index (χ3v) is 4.84. The number of carbonyl (C=O) groups is 1. The molecule has 126 valence electrons. The normalized spacial score (nSPS) is 19.9. The van der Waals surface area contributed by atoms with Crippen molar-refractivity contribution in [2.24, 2.45) is 5.92 Å². The number of hydrogen-bond acceptors (Lipinski definition) is 5. The summed E-state index contributed by atoms with van der Waals surface area (Å²) >= 11 is 0. The van der Waals surface area contributed by atoms with Crippen LogP contribution in [0, 0.1) is 5.92 Å². The highest BCUT2D eigenvalue weighted by atomic mass is 16.5. The van der Waals surface area contributed by atoms with Crippen LogP contribution in [0.5, 0.6) is 0 Å². The number of morpholine rings is 1. The van der Waals surface area contributed by atoms with E-state index in [2.05, 4.69) is 27.9 Å². The van der Waals surface area contributed by atoms with Gasteiger partial charge in [-0.1, -0.05) is 6.92 Å². The molecule has 3 rings (SSSR count). The van der Waals surface area contributed by atoms with E-state index in [0.717, 1.165) is 57.0 Å². The first-order chi connectivity index (χ1) is 11.3. The van der Waals surface area contributed by atoms with E-state index in [1.165, 1.54) is 0 Å². The summed E-state index contributed by atoms with van der Waals surface area (Å²) in [6, 6.07) is 2.08. The fourth-order valence-corrected chi connectivity index (χ4v) is 3.31. The van der Waals surface area contributed by atoms with Crippen LogP contribution in [0.2, 0.25) is 0 Å². The maximum atomic E-state index is 12.3. The van der Waals surface area contributed by atoms with Crippen LogP contribution in [-0.2, 0) is 16.0 Å². The standard InChI is InChI=1S/C17H26N4O2/c1-2-15-12-16(19-13-18-15)20-5-3-14(4-6-20)11-17(22)21-7-9-23-10-8-21/h12-14H,2-11H2,1H3. The van der Waals surface area contributed by atoms with Gasteiger partial charge in [0.2, 0.25) is 5.91 Å². The lowest BCUT2D eigenvalue weighted by Crippen LogP contribution is -2.42. The molecule has 0 N–H and O–H groups in total. The predicted molar refractivity (Wildman–Crippen MR) is 88.4 cm³/mol. The summed E-state index contributed by atoms with van der Waals surface area (Å²) in [7, 11) is 0. The van der Waals surface area contributed by atoms with E-state index < -0.39 is 0 Å². The van der Waals surface area contributed by atoms with Crippen LogP contribution in [-0.4, -0.2) is 60.2 Å². The molecule has 23 heavy (non-hydrogen) atoms. The molecule has 6 nitrogen and oxygen atoms in total. The van der Waals surface area contributed by atoms with Crippen LogP contribution in [0.4, 0.5) is 5.82 Å². The summed E-state index contributed by atoms with van der Waals surface area (Å²) in [6.45, 7) is 6.91. The van der Waals surface area contributed by atoms with Crippen molar-refractivity contribution >= 4 is 11.7 Å². The molecule has 2 saturated heterocycles. The second-order valence-corrected chi connectivity index (χ2v) is 6.35. The summed E-state index contributed by atoms with van der Waals surface area (Å²) < 4.78 is 5.31. The molecule has 0 unspecified atom stereocenters. The Labute approximate surface area is 137 Å². The first-order valence-electron chi connectivity index (χ1n) is 8.67. The quantitative estimate of drug-likeness (QED) is 0.842. The number of amides is 1. The van der Waals surface area contributed by atoms with Gasteiger partial charge in [0, 0.05) is 44.4 Å². The van der Waals surface area contributed by atoms with E-state index in [1.54, 1.807) is 6.33 Å². The Morgan fingerprint density at radius 2 is 1.96 bits per heavy atom. The second-order valence-electron chi connectivity index (χ2n) is 6.35. The van der Waals surface area contributed by atoms with Gasteiger partial charge in [0.25, 0.3) is 0 Å². The molecule has 6 heteroatoms. The van der Waals surface area contributed by atoms with Crippen LogP contribution in [0.3, 0.4) is 0 Å². The zero-order valence-electron chi connectivity index (χ0n) is 13.9. The molecule has 2 fully saturated rings. The van der Waals surface area contributed by atoms with Crippen LogP contribution in [0.15, 0.2) is 12.4 Å². The minimum Gasteiger partial charge on any atom is -0.378 e. The summed E-state index contributed by atoms with van der Waals surface area (Å²) in [5, 5.41) is 0. The van der Waals surface area contributed by atoms with Gasteiger partial charge < -0.3 is 14.5 Å². The van der Waals surface area contributed by atoms with Crippen molar-refractivity contribution in [3.8, 4) is 0 Å². The first kappa shape index (κ1) is 16.2. The van der Waals surface area contributed by atoms with Crippen molar-refractivity contribution in [2.75, 3.05) is 44.3 Å². The largest absolute Gasteiger partial charge is 0.378 e. The Morgan fingerprint density at radius 3 is 2.65 bits per heavy atom. The van der Waals surface area contributed by atoms with Gasteiger partial charge in [-0.3, -0.25) is 4.79 Å². The van der Waals surface area contributed by atoms with E-state index in [-0.39, 0.29) is 0 Å². The SMILES string of the molecule is CCc1cc(N2CCC(CC(=O)N3CCOCC3)CC2)ncn1. The van der Waals surface area contributed by atoms with E-state index in [0.29, 0.717) is 31.5 Å². The molecule has 0 spiro atoms. The number of anilines is 1. The molecule has 2 aliphatic heterocycles. The van der Waals surface area contributed by atoms with Crippen LogP contribution < -0.4 is 4.90 Å². The molecule has 0 saturated carbocycles. The molecule has 2 aliphatic rings. The van der Waals surface area contributed by atoms with Crippen molar-refractivity contribution in [1.29, 1.82) is 0 Å². The van der Waals surface area contributed by atoms with Crippen LogP contribution >= 0.6 is 0 Å². The smallest absolute Gasteiger partial charge is 0.223 e. The fourth-order valence-electron chi connectivity index (χ4n) is 3.31. The highest BCUT2D eigenvalue weighted by Crippen LogP contribution is 2.25. The molecule has 0 atom stereocenters. The highest BCUT2D eigenvalue weighted by molar-refractivity contribution is 5.76. The minimum atomic E-state index is 0.294. The number of aryl methyl sites for hydroxylation is 1. The molecular weight excluding hydrogens is 292 g/mol. The van der Waals surface area contributed by atoms with E-state index in [9.17, 15) is 4.79 Å². The number of nitrogens with zero attached hydrogens (tertiary/aromatic N) is 4. The highest BCUT2D eigenvalue weighted by Gasteiger charge is 2.25. The Hall–Kier alpha value is -1.69. The second kappa shape index (κ2) is 7.73. The Morgan fingerprint density at radius 1 is 1.22 bits per heavy atom. The summed E-state index contributed by atoms with van der Waals surface area (Å²) in [6.07, 6.45) is 5.38. The van der Waals surface area contributed by atoms with Gasteiger partial charge in [0.15, 0.2) is 0 Å². The van der Waals surface area contributed by atoms with Crippen molar-refractivity contribution < 1.29 is 9.53 Å². The first-order valence-corrected chi connectivity index (χ1v) is 8.67. The van der Waals surface area contributed by atoms with Gasteiger partial charge >= 0.3 is 0 Å². The molecule has 0 bridgehead atoms. The lowest BCUT2D eigenvalue weighted by atomic mass is 9.93. The Balaban J connectivity index is 1.49. The maximum absolute atomic E-state index is 12.3. The van der Waals surface area contributed by atoms with E-state index in [1.807, 2.05) is 4.90 Å². The lowest BCUT2D eigenvalue weighted by Gasteiger charge is -2.34. The van der Waals surface area contributed by atoms with Crippen LogP contribution in [0.1, 0.15) is 31.9 Å². The van der Waals surface area contributed by atoms with Crippen molar-refractivity contribution in [3.05, 3.63) is 18.1 Å². The number of ether oxygens (including phenoxy) is 1. The van der Waals surface area contributed by atoms with Gasteiger partial charge in [-0.2, -0.15) is 0 Å². The Kier molecular flexibility index (Phi) is 5.43. The van der Waals surface area contributed by atoms with Crippen molar-refractivity contribution in [3.63, 3.8) is 0 Å². The molecule has 1 amide bonds. The Bertz CT molecular complexity index is 523. The molecular formula is C17H26N4O2. The summed E-state index contributed by atoms with van der Waals surface area (Å²) in [5.74, 6) is 1.81. The van der Waals surface area contributed by atoms with Gasteiger partial charge in [0.1, 0.15) is 12.1 Å². The number of rotatable bonds is 4. The average molecular weight is 318 g/mol. The lowest BCUT2D eigenvalue weighted by molar-refractivity contribution is -0.136. The van der Waals surface area contributed by atoms with Crippen LogP contribution in [0.25, 0.3) is 0 Å². The summed E-state index contributed by atoms with van der Waals surface area (Å²) in [5.41, 5.74) is 1.08.